The average molecular weight is 224 g/mol. The molecule has 16 heavy (non-hydrogen) atoms. The second-order valence-electron chi connectivity index (χ2n) is 2.99. The maximum Gasteiger partial charge on any atom is 0.348 e. The van der Waals surface area contributed by atoms with Crippen LogP contribution in [0.25, 0.3) is 0 Å². The van der Waals surface area contributed by atoms with Gasteiger partial charge in [-0.05, 0) is 13.0 Å². The topological polar surface area (TPSA) is 81.4 Å². The molecular formula is C11H16N2O3. The number of ether oxygens (including phenoxy) is 1. The number of nitrogens with one attached hydrogen (secondary N) is 1. The fourth-order valence-corrected chi connectivity index (χ4v) is 1.07. The Labute approximate surface area is 95.0 Å². The van der Waals surface area contributed by atoms with Gasteiger partial charge in [0, 0.05) is 13.5 Å². The van der Waals surface area contributed by atoms with Gasteiger partial charge in [-0.25, -0.2) is 4.79 Å². The molecule has 0 radical (unpaired) electrons. The maximum atomic E-state index is 11.7. The number of nitrogens with two attached hydrogens (primary N) is 1. The van der Waals surface area contributed by atoms with E-state index < -0.39 is 17.4 Å². The molecule has 0 heterocycles. The van der Waals surface area contributed by atoms with Gasteiger partial charge in [0.05, 0.1) is 6.61 Å². The summed E-state index contributed by atoms with van der Waals surface area (Å²) in [5.41, 5.74) is 3.71. The zero-order chi connectivity index (χ0) is 12.6. The van der Waals surface area contributed by atoms with Crippen molar-refractivity contribution in [2.75, 3.05) is 13.2 Å². The van der Waals surface area contributed by atoms with Crippen molar-refractivity contribution in [3.63, 3.8) is 0 Å². The van der Waals surface area contributed by atoms with E-state index in [1.54, 1.807) is 6.92 Å². The highest BCUT2D eigenvalue weighted by molar-refractivity contribution is 5.92. The van der Waals surface area contributed by atoms with Crippen LogP contribution in [0.4, 0.5) is 0 Å². The Morgan fingerprint density at radius 3 is 2.62 bits per heavy atom. The normalized spacial score (nSPS) is 13.9. The van der Waals surface area contributed by atoms with Crippen LogP contribution in [0.2, 0.25) is 0 Å². The first-order chi connectivity index (χ1) is 7.52. The molecule has 0 aromatic carbocycles. The Bertz CT molecular complexity index is 331. The SMILES string of the molecule is C#CC(/C=C/CN)(NC(C)=O)C(=O)OCC. The molecule has 5 nitrogen and oxygen atoms in total. The van der Waals surface area contributed by atoms with Crippen molar-refractivity contribution in [3.8, 4) is 12.3 Å². The smallest absolute Gasteiger partial charge is 0.348 e. The van der Waals surface area contributed by atoms with Gasteiger partial charge in [0.1, 0.15) is 0 Å². The van der Waals surface area contributed by atoms with Crippen LogP contribution in [0.1, 0.15) is 13.8 Å². The number of rotatable bonds is 5. The molecule has 0 aliphatic heterocycles. The molecule has 3 N–H and O–H groups in total. The van der Waals surface area contributed by atoms with Gasteiger partial charge in [-0.1, -0.05) is 12.0 Å². The Kier molecular flexibility index (Phi) is 5.89. The largest absolute Gasteiger partial charge is 0.463 e. The van der Waals surface area contributed by atoms with E-state index in [4.69, 9.17) is 16.9 Å². The van der Waals surface area contributed by atoms with Crippen molar-refractivity contribution in [2.24, 2.45) is 5.73 Å². The van der Waals surface area contributed by atoms with Crippen LogP contribution in [0.5, 0.6) is 0 Å². The molecule has 0 aromatic heterocycles. The summed E-state index contributed by atoms with van der Waals surface area (Å²) in [6, 6.07) is 0. The van der Waals surface area contributed by atoms with E-state index in [1.807, 2.05) is 0 Å². The minimum Gasteiger partial charge on any atom is -0.463 e. The van der Waals surface area contributed by atoms with Crippen molar-refractivity contribution < 1.29 is 14.3 Å². The highest BCUT2D eigenvalue weighted by atomic mass is 16.5. The summed E-state index contributed by atoms with van der Waals surface area (Å²) < 4.78 is 4.81. The molecule has 0 saturated carbocycles. The Balaban J connectivity index is 5.12. The molecule has 0 aromatic rings. The summed E-state index contributed by atoms with van der Waals surface area (Å²) in [5.74, 6) is 1.10. The lowest BCUT2D eigenvalue weighted by Crippen LogP contribution is -2.52. The molecule has 0 aliphatic carbocycles. The third-order valence-electron chi connectivity index (χ3n) is 1.70. The van der Waals surface area contributed by atoms with Gasteiger partial charge in [0.25, 0.3) is 0 Å². The van der Waals surface area contributed by atoms with Crippen LogP contribution >= 0.6 is 0 Å². The van der Waals surface area contributed by atoms with E-state index in [9.17, 15) is 9.59 Å². The van der Waals surface area contributed by atoms with Crippen LogP contribution < -0.4 is 11.1 Å². The van der Waals surface area contributed by atoms with Crippen molar-refractivity contribution in [3.05, 3.63) is 12.2 Å². The van der Waals surface area contributed by atoms with Gasteiger partial charge in [-0.3, -0.25) is 4.79 Å². The maximum absolute atomic E-state index is 11.7. The number of esters is 1. The first-order valence-electron chi connectivity index (χ1n) is 4.84. The summed E-state index contributed by atoms with van der Waals surface area (Å²) in [7, 11) is 0. The van der Waals surface area contributed by atoms with Crippen LogP contribution in [0, 0.1) is 12.3 Å². The lowest BCUT2D eigenvalue weighted by molar-refractivity contribution is -0.148. The first kappa shape index (κ1) is 14.2. The van der Waals surface area contributed by atoms with E-state index in [2.05, 4.69) is 11.2 Å². The van der Waals surface area contributed by atoms with Crippen LogP contribution in [-0.2, 0) is 14.3 Å². The molecule has 0 fully saturated rings. The molecule has 0 bridgehead atoms. The number of amides is 1. The highest BCUT2D eigenvalue weighted by Crippen LogP contribution is 2.09. The van der Waals surface area contributed by atoms with Crippen molar-refractivity contribution in [2.45, 2.75) is 19.4 Å². The van der Waals surface area contributed by atoms with Gasteiger partial charge in [0.2, 0.25) is 11.4 Å². The molecule has 0 aliphatic rings. The monoisotopic (exact) mass is 224 g/mol. The second-order valence-corrected chi connectivity index (χ2v) is 2.99. The van der Waals surface area contributed by atoms with Crippen molar-refractivity contribution in [1.29, 1.82) is 0 Å². The predicted molar refractivity (Wildman–Crippen MR) is 60.2 cm³/mol. The van der Waals surface area contributed by atoms with Gasteiger partial charge >= 0.3 is 5.97 Å². The fraction of sp³-hybridized carbons (Fsp3) is 0.455. The molecular weight excluding hydrogens is 208 g/mol. The van der Waals surface area contributed by atoms with E-state index >= 15 is 0 Å². The quantitative estimate of drug-likeness (QED) is 0.377. The minimum absolute atomic E-state index is 0.179. The van der Waals surface area contributed by atoms with E-state index in [0.717, 1.165) is 0 Å². The number of carbonyl (C=O) groups is 2. The fourth-order valence-electron chi connectivity index (χ4n) is 1.07. The van der Waals surface area contributed by atoms with E-state index in [0.29, 0.717) is 0 Å². The molecule has 0 spiro atoms. The second kappa shape index (κ2) is 6.64. The average Bonchev–Trinajstić information content (AvgIpc) is 2.24. The molecule has 0 saturated heterocycles. The summed E-state index contributed by atoms with van der Waals surface area (Å²) in [4.78, 5) is 22.7. The summed E-state index contributed by atoms with van der Waals surface area (Å²) in [5, 5.41) is 2.37. The Morgan fingerprint density at radius 2 is 2.25 bits per heavy atom. The predicted octanol–water partition coefficient (Wildman–Crippen LogP) is -0.427. The summed E-state index contributed by atoms with van der Waals surface area (Å²) in [6.45, 7) is 3.31. The van der Waals surface area contributed by atoms with Crippen molar-refractivity contribution >= 4 is 11.9 Å². The Morgan fingerprint density at radius 1 is 1.62 bits per heavy atom. The summed E-state index contributed by atoms with van der Waals surface area (Å²) in [6.07, 6.45) is 8.12. The van der Waals surface area contributed by atoms with Crippen molar-refractivity contribution in [1.82, 2.24) is 5.32 Å². The number of carbonyl (C=O) groups excluding carboxylic acids is 2. The van der Waals surface area contributed by atoms with Crippen LogP contribution in [0.3, 0.4) is 0 Å². The summed E-state index contributed by atoms with van der Waals surface area (Å²) >= 11 is 0. The first-order valence-corrected chi connectivity index (χ1v) is 4.84. The molecule has 1 amide bonds. The molecule has 5 heteroatoms. The third kappa shape index (κ3) is 3.75. The lowest BCUT2D eigenvalue weighted by atomic mass is 10.00. The van der Waals surface area contributed by atoms with Crippen LogP contribution in [-0.4, -0.2) is 30.6 Å². The number of terminal acetylenes is 1. The lowest BCUT2D eigenvalue weighted by Gasteiger charge is -2.23. The number of hydrogen-bond acceptors (Lipinski definition) is 4. The molecule has 88 valence electrons. The van der Waals surface area contributed by atoms with Gasteiger partial charge in [0.15, 0.2) is 0 Å². The van der Waals surface area contributed by atoms with E-state index in [1.165, 1.54) is 19.1 Å². The Hall–Kier alpha value is -1.80. The molecule has 1 atom stereocenters. The zero-order valence-corrected chi connectivity index (χ0v) is 9.45. The van der Waals surface area contributed by atoms with Crippen LogP contribution in [0.15, 0.2) is 12.2 Å². The molecule has 1 unspecified atom stereocenters. The van der Waals surface area contributed by atoms with E-state index in [-0.39, 0.29) is 13.2 Å². The third-order valence-corrected chi connectivity index (χ3v) is 1.70. The minimum atomic E-state index is -1.57. The molecule has 0 rings (SSSR count). The highest BCUT2D eigenvalue weighted by Gasteiger charge is 2.36. The van der Waals surface area contributed by atoms with Gasteiger partial charge in [-0.2, -0.15) is 0 Å². The number of hydrogen-bond donors (Lipinski definition) is 2. The van der Waals surface area contributed by atoms with Gasteiger partial charge < -0.3 is 15.8 Å². The van der Waals surface area contributed by atoms with Gasteiger partial charge in [-0.15, -0.1) is 6.42 Å². The zero-order valence-electron chi connectivity index (χ0n) is 9.45. The standard InChI is InChI=1S/C11H16N2O3/c1-4-11(7-6-8-12,13-9(3)14)10(15)16-5-2/h1,6-7H,5,8,12H2,2-3H3,(H,13,14)/b7-6+.